The molecule has 0 N–H and O–H groups in total. The molecule has 23 heavy (non-hydrogen) atoms. The molecule has 118 valence electrons. The molecule has 0 atom stereocenters. The van der Waals surface area contributed by atoms with Crippen LogP contribution in [0.25, 0.3) is 0 Å². The highest BCUT2D eigenvalue weighted by molar-refractivity contribution is 7.82. The van der Waals surface area contributed by atoms with Crippen LogP contribution in [-0.4, -0.2) is 34.6 Å². The number of benzene rings is 2. The summed E-state index contributed by atoms with van der Waals surface area (Å²) in [7, 11) is 3.67. The van der Waals surface area contributed by atoms with Crippen molar-refractivity contribution < 1.29 is 4.92 Å². The monoisotopic (exact) mass is 347 g/mol. The molecule has 5 nitrogen and oxygen atoms in total. The van der Waals surface area contributed by atoms with Crippen molar-refractivity contribution in [2.24, 2.45) is 4.99 Å². The number of non-ortho nitro benzene ring substituents is 1. The second kappa shape index (κ2) is 7.30. The van der Waals surface area contributed by atoms with E-state index in [9.17, 15) is 10.1 Å². The molecule has 0 bridgehead atoms. The SMILES string of the molecule is CN(C)C(=S)C(=Nc1ccc([N+](=O)[O-])cc1)c1ccc(Cl)cc1. The molecule has 7 heteroatoms. The average Bonchev–Trinajstić information content (AvgIpc) is 2.53. The largest absolute Gasteiger partial charge is 0.367 e. The molecule has 0 heterocycles. The van der Waals surface area contributed by atoms with E-state index in [1.54, 1.807) is 29.2 Å². The van der Waals surface area contributed by atoms with E-state index in [2.05, 4.69) is 4.99 Å². The van der Waals surface area contributed by atoms with Gasteiger partial charge in [0.1, 0.15) is 10.7 Å². The molecule has 0 saturated carbocycles. The van der Waals surface area contributed by atoms with Crippen LogP contribution in [0.4, 0.5) is 11.4 Å². The van der Waals surface area contributed by atoms with Gasteiger partial charge < -0.3 is 4.90 Å². The first-order chi connectivity index (χ1) is 10.9. The summed E-state index contributed by atoms with van der Waals surface area (Å²) in [6.45, 7) is 0. The number of halogens is 1. The molecular weight excluding hydrogens is 334 g/mol. The van der Waals surface area contributed by atoms with Crippen LogP contribution in [0.15, 0.2) is 53.5 Å². The van der Waals surface area contributed by atoms with Gasteiger partial charge in [-0.15, -0.1) is 0 Å². The van der Waals surface area contributed by atoms with E-state index in [4.69, 9.17) is 23.8 Å². The summed E-state index contributed by atoms with van der Waals surface area (Å²) in [5, 5.41) is 11.3. The topological polar surface area (TPSA) is 58.7 Å². The van der Waals surface area contributed by atoms with Gasteiger partial charge in [-0.2, -0.15) is 0 Å². The van der Waals surface area contributed by atoms with Gasteiger partial charge in [0.15, 0.2) is 0 Å². The lowest BCUT2D eigenvalue weighted by molar-refractivity contribution is -0.384. The number of aliphatic imine (C=N–C) groups is 1. The van der Waals surface area contributed by atoms with Crippen molar-refractivity contribution in [3.8, 4) is 0 Å². The van der Waals surface area contributed by atoms with Crippen molar-refractivity contribution in [1.82, 2.24) is 4.90 Å². The summed E-state index contributed by atoms with van der Waals surface area (Å²) in [4.78, 5) is 17.2. The summed E-state index contributed by atoms with van der Waals surface area (Å²) in [5.41, 5.74) is 2.04. The number of likely N-dealkylation sites (N-methyl/N-ethyl adjacent to an activating group) is 1. The zero-order valence-corrected chi connectivity index (χ0v) is 14.1. The van der Waals surface area contributed by atoms with Crippen molar-refractivity contribution in [2.75, 3.05) is 14.1 Å². The minimum Gasteiger partial charge on any atom is -0.367 e. The van der Waals surface area contributed by atoms with Gasteiger partial charge in [0.25, 0.3) is 5.69 Å². The van der Waals surface area contributed by atoms with Gasteiger partial charge in [-0.3, -0.25) is 10.1 Å². The number of thiocarbonyl (C=S) groups is 1. The maximum absolute atomic E-state index is 10.7. The maximum Gasteiger partial charge on any atom is 0.269 e. The van der Waals surface area contributed by atoms with E-state index in [0.717, 1.165) is 5.56 Å². The highest BCUT2D eigenvalue weighted by atomic mass is 35.5. The lowest BCUT2D eigenvalue weighted by Gasteiger charge is -2.16. The van der Waals surface area contributed by atoms with E-state index in [-0.39, 0.29) is 5.69 Å². The first-order valence-corrected chi connectivity index (χ1v) is 7.48. The fourth-order valence-electron chi connectivity index (χ4n) is 1.83. The van der Waals surface area contributed by atoms with E-state index >= 15 is 0 Å². The van der Waals surface area contributed by atoms with E-state index in [1.165, 1.54) is 12.1 Å². The Bertz CT molecular complexity index is 756. The first kappa shape index (κ1) is 17.1. The molecule has 0 saturated heterocycles. The molecule has 0 aliphatic rings. The van der Waals surface area contributed by atoms with Crippen LogP contribution in [0.2, 0.25) is 5.02 Å². The third kappa shape index (κ3) is 4.34. The Balaban J connectivity index is 2.46. The van der Waals surface area contributed by atoms with Gasteiger partial charge in [-0.05, 0) is 24.3 Å². The molecule has 2 aromatic carbocycles. The van der Waals surface area contributed by atoms with Crippen LogP contribution in [-0.2, 0) is 0 Å². The van der Waals surface area contributed by atoms with Gasteiger partial charge in [-0.25, -0.2) is 4.99 Å². The lowest BCUT2D eigenvalue weighted by Crippen LogP contribution is -2.28. The zero-order valence-electron chi connectivity index (χ0n) is 12.6. The minimum absolute atomic E-state index is 0.0205. The summed E-state index contributed by atoms with van der Waals surface area (Å²) < 4.78 is 0. The molecule has 2 rings (SSSR count). The van der Waals surface area contributed by atoms with Gasteiger partial charge in [0.05, 0.1) is 10.6 Å². The van der Waals surface area contributed by atoms with Crippen LogP contribution < -0.4 is 0 Å². The first-order valence-electron chi connectivity index (χ1n) is 6.69. The molecule has 0 aliphatic heterocycles. The van der Waals surface area contributed by atoms with Crippen molar-refractivity contribution >= 4 is 45.9 Å². The minimum atomic E-state index is -0.446. The summed E-state index contributed by atoms with van der Waals surface area (Å²) in [5.74, 6) is 0. The Morgan fingerprint density at radius 1 is 1.13 bits per heavy atom. The van der Waals surface area contributed by atoms with Gasteiger partial charge in [0.2, 0.25) is 0 Å². The summed E-state index contributed by atoms with van der Waals surface area (Å²) in [6, 6.07) is 13.2. The third-order valence-corrected chi connectivity index (χ3v) is 3.84. The van der Waals surface area contributed by atoms with Crippen LogP contribution in [0.5, 0.6) is 0 Å². The maximum atomic E-state index is 10.7. The average molecular weight is 348 g/mol. The van der Waals surface area contributed by atoms with Gasteiger partial charge in [0, 0.05) is 36.8 Å². The summed E-state index contributed by atoms with van der Waals surface area (Å²) >= 11 is 11.4. The van der Waals surface area contributed by atoms with Crippen LogP contribution >= 0.6 is 23.8 Å². The predicted octanol–water partition coefficient (Wildman–Crippen LogP) is 4.26. The third-order valence-electron chi connectivity index (χ3n) is 3.03. The Morgan fingerprint density at radius 3 is 2.17 bits per heavy atom. The van der Waals surface area contributed by atoms with Gasteiger partial charge >= 0.3 is 0 Å². The molecule has 0 aliphatic carbocycles. The number of nitro benzene ring substituents is 1. The molecular formula is C16H14ClN3O2S. The van der Waals surface area contributed by atoms with Crippen molar-refractivity contribution in [3.05, 3.63) is 69.2 Å². The molecule has 0 aromatic heterocycles. The molecule has 0 fully saturated rings. The zero-order chi connectivity index (χ0) is 17.0. The molecule has 0 spiro atoms. The van der Waals surface area contributed by atoms with Crippen LogP contribution in [0.3, 0.4) is 0 Å². The number of nitro groups is 1. The number of hydrogen-bond acceptors (Lipinski definition) is 4. The number of nitrogens with zero attached hydrogens (tertiary/aromatic N) is 3. The summed E-state index contributed by atoms with van der Waals surface area (Å²) in [6.07, 6.45) is 0. The predicted molar refractivity (Wildman–Crippen MR) is 97.0 cm³/mol. The van der Waals surface area contributed by atoms with Crippen molar-refractivity contribution in [3.63, 3.8) is 0 Å². The Kier molecular flexibility index (Phi) is 5.41. The number of rotatable bonds is 4. The van der Waals surface area contributed by atoms with E-state index < -0.39 is 4.92 Å². The highest BCUT2D eigenvalue weighted by Gasteiger charge is 2.13. The van der Waals surface area contributed by atoms with Crippen LogP contribution in [0, 0.1) is 10.1 Å². The molecule has 0 radical (unpaired) electrons. The Labute approximate surface area is 144 Å². The molecule has 0 unspecified atom stereocenters. The molecule has 0 amide bonds. The number of hydrogen-bond donors (Lipinski definition) is 0. The van der Waals surface area contributed by atoms with Crippen molar-refractivity contribution in [2.45, 2.75) is 0 Å². The molecule has 2 aromatic rings. The van der Waals surface area contributed by atoms with Crippen molar-refractivity contribution in [1.29, 1.82) is 0 Å². The van der Waals surface area contributed by atoms with Gasteiger partial charge in [-0.1, -0.05) is 36.0 Å². The normalized spacial score (nSPS) is 11.2. The van der Waals surface area contributed by atoms with E-state index in [1.807, 2.05) is 26.2 Å². The smallest absolute Gasteiger partial charge is 0.269 e. The standard InChI is InChI=1S/C16H14ClN3O2S/c1-19(2)16(23)15(11-3-5-12(17)6-4-11)18-13-7-9-14(10-8-13)20(21)22/h3-10H,1-2H3. The quantitative estimate of drug-likeness (QED) is 0.359. The Hall–Kier alpha value is -2.31. The fraction of sp³-hybridized carbons (Fsp3) is 0.125. The van der Waals surface area contributed by atoms with Crippen LogP contribution in [0.1, 0.15) is 5.56 Å². The second-order valence-electron chi connectivity index (χ2n) is 4.94. The fourth-order valence-corrected chi connectivity index (χ4v) is 2.12. The lowest BCUT2D eigenvalue weighted by atomic mass is 10.1. The second-order valence-corrected chi connectivity index (χ2v) is 5.76. The highest BCUT2D eigenvalue weighted by Crippen LogP contribution is 2.20. The van der Waals surface area contributed by atoms with E-state index in [0.29, 0.717) is 21.4 Å². The Morgan fingerprint density at radius 2 is 1.70 bits per heavy atom.